The number of aromatic amines is 1. The van der Waals surface area contributed by atoms with E-state index in [2.05, 4.69) is 28.2 Å². The first kappa shape index (κ1) is 11.1. The van der Waals surface area contributed by atoms with Crippen LogP contribution >= 0.6 is 11.8 Å². The molecule has 3 aromatic rings. The summed E-state index contributed by atoms with van der Waals surface area (Å²) in [5.41, 5.74) is 2.55. The summed E-state index contributed by atoms with van der Waals surface area (Å²) >= 11 is 1.79. The van der Waals surface area contributed by atoms with Crippen molar-refractivity contribution in [2.45, 2.75) is 16.6 Å². The Morgan fingerprint density at radius 2 is 2.05 bits per heavy atom. The highest BCUT2D eigenvalue weighted by atomic mass is 32.2. The fraction of sp³-hybridized carbons (Fsp3) is 0.133. The molecule has 2 aromatic carbocycles. The van der Waals surface area contributed by atoms with Gasteiger partial charge >= 0.3 is 0 Å². The molecule has 2 heterocycles. The Hall–Kier alpha value is -1.81. The van der Waals surface area contributed by atoms with Gasteiger partial charge in [0.15, 0.2) is 5.82 Å². The molecule has 0 spiro atoms. The minimum Gasteiger partial charge on any atom is -0.341 e. The van der Waals surface area contributed by atoms with Crippen LogP contribution in [-0.4, -0.2) is 9.97 Å². The number of H-pyrrole nitrogens is 1. The lowest BCUT2D eigenvalue weighted by atomic mass is 10.1. The molecule has 1 N–H and O–H groups in total. The van der Waals surface area contributed by atoms with Gasteiger partial charge in [-0.1, -0.05) is 24.3 Å². The summed E-state index contributed by atoms with van der Waals surface area (Å²) in [5.74, 6) is 0.599. The summed E-state index contributed by atoms with van der Waals surface area (Å²) in [7, 11) is 0. The van der Waals surface area contributed by atoms with E-state index in [1.165, 1.54) is 16.5 Å². The van der Waals surface area contributed by atoms with Gasteiger partial charge in [0.25, 0.3) is 0 Å². The van der Waals surface area contributed by atoms with Crippen molar-refractivity contribution in [2.24, 2.45) is 0 Å². The Balaban J connectivity index is 1.75. The largest absolute Gasteiger partial charge is 0.341 e. The van der Waals surface area contributed by atoms with E-state index < -0.39 is 0 Å². The van der Waals surface area contributed by atoms with Crippen LogP contribution in [-0.2, 0) is 6.42 Å². The summed E-state index contributed by atoms with van der Waals surface area (Å²) in [5, 5.41) is 0.254. The zero-order valence-corrected chi connectivity index (χ0v) is 10.9. The molecule has 1 aliphatic rings. The Morgan fingerprint density at radius 3 is 2.89 bits per heavy atom. The molecule has 1 atom stereocenters. The second kappa shape index (κ2) is 4.10. The number of hydrogen-bond acceptors (Lipinski definition) is 2. The first-order valence-corrected chi connectivity index (χ1v) is 7.08. The lowest BCUT2D eigenvalue weighted by Crippen LogP contribution is -1.94. The Kier molecular flexibility index (Phi) is 2.38. The number of rotatable bonds is 1. The number of nitrogens with one attached hydrogen (secondary N) is 1. The molecule has 0 radical (unpaired) electrons. The van der Waals surface area contributed by atoms with Crippen LogP contribution in [0.1, 0.15) is 16.6 Å². The third-order valence-electron chi connectivity index (χ3n) is 3.43. The average molecular weight is 270 g/mol. The van der Waals surface area contributed by atoms with Crippen molar-refractivity contribution in [3.8, 4) is 0 Å². The molecular formula is C15H11FN2S. The van der Waals surface area contributed by atoms with E-state index in [1.54, 1.807) is 17.8 Å². The number of hydrogen-bond donors (Lipinski definition) is 1. The van der Waals surface area contributed by atoms with Crippen LogP contribution in [0.4, 0.5) is 4.39 Å². The van der Waals surface area contributed by atoms with E-state index in [1.807, 2.05) is 12.1 Å². The summed E-state index contributed by atoms with van der Waals surface area (Å²) in [6, 6.07) is 13.4. The van der Waals surface area contributed by atoms with E-state index in [0.717, 1.165) is 17.8 Å². The maximum atomic E-state index is 13.7. The number of benzene rings is 2. The number of thioether (sulfide) groups is 1. The van der Waals surface area contributed by atoms with Crippen LogP contribution in [0.25, 0.3) is 11.0 Å². The molecule has 4 rings (SSSR count). The number of fused-ring (bicyclic) bond motifs is 2. The minimum atomic E-state index is -0.263. The highest BCUT2D eigenvalue weighted by Gasteiger charge is 2.26. The van der Waals surface area contributed by atoms with Gasteiger partial charge < -0.3 is 4.98 Å². The summed E-state index contributed by atoms with van der Waals surface area (Å²) < 4.78 is 13.7. The monoisotopic (exact) mass is 270 g/mol. The zero-order chi connectivity index (χ0) is 12.8. The van der Waals surface area contributed by atoms with Gasteiger partial charge in [0, 0.05) is 4.90 Å². The molecule has 0 saturated carbocycles. The lowest BCUT2D eigenvalue weighted by Gasteiger charge is -2.02. The SMILES string of the molecule is Fc1cccc2[nH]c(C3Cc4ccccc4S3)nc12. The standard InChI is InChI=1S/C15H11FN2S/c16-10-5-3-6-11-14(10)18-15(17-11)13-8-9-4-1-2-7-12(9)19-13/h1-7,13H,8H2,(H,17,18). The van der Waals surface area contributed by atoms with Crippen LogP contribution in [0.5, 0.6) is 0 Å². The molecule has 0 saturated heterocycles. The number of para-hydroxylation sites is 1. The van der Waals surface area contributed by atoms with E-state index in [4.69, 9.17) is 0 Å². The van der Waals surface area contributed by atoms with Crippen molar-refractivity contribution >= 4 is 22.8 Å². The number of nitrogens with zero attached hydrogens (tertiary/aromatic N) is 1. The summed E-state index contributed by atoms with van der Waals surface area (Å²) in [4.78, 5) is 8.97. The van der Waals surface area contributed by atoms with Crippen molar-refractivity contribution in [1.29, 1.82) is 0 Å². The molecule has 0 amide bonds. The molecule has 4 heteroatoms. The molecule has 94 valence electrons. The van der Waals surface area contributed by atoms with Crippen molar-refractivity contribution in [3.05, 3.63) is 59.7 Å². The molecule has 2 nitrogen and oxygen atoms in total. The Morgan fingerprint density at radius 1 is 1.16 bits per heavy atom. The third-order valence-corrected chi connectivity index (χ3v) is 4.76. The van der Waals surface area contributed by atoms with Crippen LogP contribution in [0.15, 0.2) is 47.4 Å². The molecule has 1 aliphatic heterocycles. The third kappa shape index (κ3) is 1.75. The summed E-state index contributed by atoms with van der Waals surface area (Å²) in [6.07, 6.45) is 0.947. The van der Waals surface area contributed by atoms with Crippen LogP contribution < -0.4 is 0 Å². The normalized spacial score (nSPS) is 17.8. The predicted octanol–water partition coefficient (Wildman–Crippen LogP) is 4.09. The molecular weight excluding hydrogens is 259 g/mol. The number of halogens is 1. The highest BCUT2D eigenvalue weighted by molar-refractivity contribution is 7.99. The number of imidazole rings is 1. The van der Waals surface area contributed by atoms with E-state index in [-0.39, 0.29) is 11.1 Å². The van der Waals surface area contributed by atoms with Crippen molar-refractivity contribution in [1.82, 2.24) is 9.97 Å². The average Bonchev–Trinajstić information content (AvgIpc) is 3.02. The van der Waals surface area contributed by atoms with Gasteiger partial charge in [-0.3, -0.25) is 0 Å². The van der Waals surface area contributed by atoms with Gasteiger partial charge in [-0.15, -0.1) is 11.8 Å². The van der Waals surface area contributed by atoms with E-state index in [9.17, 15) is 4.39 Å². The molecule has 0 bridgehead atoms. The second-order valence-electron chi connectivity index (χ2n) is 4.68. The quantitative estimate of drug-likeness (QED) is 0.721. The minimum absolute atomic E-state index is 0.254. The van der Waals surface area contributed by atoms with Gasteiger partial charge in [-0.25, -0.2) is 9.37 Å². The first-order valence-electron chi connectivity index (χ1n) is 6.20. The van der Waals surface area contributed by atoms with Gasteiger partial charge in [-0.2, -0.15) is 0 Å². The molecule has 1 aromatic heterocycles. The Bertz CT molecular complexity index is 741. The van der Waals surface area contributed by atoms with Crippen molar-refractivity contribution in [3.63, 3.8) is 0 Å². The van der Waals surface area contributed by atoms with Crippen molar-refractivity contribution in [2.75, 3.05) is 0 Å². The predicted molar refractivity (Wildman–Crippen MR) is 74.8 cm³/mol. The van der Waals surface area contributed by atoms with Gasteiger partial charge in [-0.05, 0) is 30.2 Å². The fourth-order valence-electron chi connectivity index (χ4n) is 2.50. The van der Waals surface area contributed by atoms with Crippen LogP contribution in [0.3, 0.4) is 0 Å². The maximum Gasteiger partial charge on any atom is 0.151 e. The zero-order valence-electron chi connectivity index (χ0n) is 10.1. The molecule has 19 heavy (non-hydrogen) atoms. The van der Waals surface area contributed by atoms with E-state index >= 15 is 0 Å². The summed E-state index contributed by atoms with van der Waals surface area (Å²) in [6.45, 7) is 0. The molecule has 0 aliphatic carbocycles. The van der Waals surface area contributed by atoms with E-state index in [0.29, 0.717) is 5.52 Å². The topological polar surface area (TPSA) is 28.7 Å². The van der Waals surface area contributed by atoms with Gasteiger partial charge in [0.1, 0.15) is 11.3 Å². The molecule has 0 fully saturated rings. The van der Waals surface area contributed by atoms with Crippen molar-refractivity contribution < 1.29 is 4.39 Å². The lowest BCUT2D eigenvalue weighted by molar-refractivity contribution is 0.637. The fourth-order valence-corrected chi connectivity index (χ4v) is 3.76. The highest BCUT2D eigenvalue weighted by Crippen LogP contribution is 2.45. The second-order valence-corrected chi connectivity index (χ2v) is 5.92. The Labute approximate surface area is 114 Å². The smallest absolute Gasteiger partial charge is 0.151 e. The van der Waals surface area contributed by atoms with Crippen LogP contribution in [0, 0.1) is 5.82 Å². The van der Waals surface area contributed by atoms with Gasteiger partial charge in [0.05, 0.1) is 10.8 Å². The first-order chi connectivity index (χ1) is 9.31. The maximum absolute atomic E-state index is 13.7. The molecule has 1 unspecified atom stereocenters. The van der Waals surface area contributed by atoms with Gasteiger partial charge in [0.2, 0.25) is 0 Å². The van der Waals surface area contributed by atoms with Crippen LogP contribution in [0.2, 0.25) is 0 Å². The number of aromatic nitrogens is 2.